The maximum Gasteiger partial charge on any atom is 0.235 e. The Bertz CT molecular complexity index is 990. The maximum absolute atomic E-state index is 12.8. The van der Waals surface area contributed by atoms with E-state index in [2.05, 4.69) is 41.3 Å². The van der Waals surface area contributed by atoms with Gasteiger partial charge in [-0.2, -0.15) is 5.26 Å². The molecule has 0 saturated carbocycles. The normalized spacial score (nSPS) is 22.3. The van der Waals surface area contributed by atoms with Crippen molar-refractivity contribution < 1.29 is 4.79 Å². The van der Waals surface area contributed by atoms with Crippen molar-refractivity contribution in [3.8, 4) is 17.2 Å². The van der Waals surface area contributed by atoms with Crippen LogP contribution in [0.15, 0.2) is 48.0 Å². The summed E-state index contributed by atoms with van der Waals surface area (Å²) in [5, 5.41) is 9.17. The highest BCUT2D eigenvalue weighted by atomic mass is 127. The summed E-state index contributed by atoms with van der Waals surface area (Å²) in [7, 11) is 1.65. The van der Waals surface area contributed by atoms with Gasteiger partial charge in [-0.15, -0.1) is 17.9 Å². The Hall–Kier alpha value is -2.18. The molecule has 2 heterocycles. The van der Waals surface area contributed by atoms with Gasteiger partial charge in [0, 0.05) is 17.5 Å². The fourth-order valence-electron chi connectivity index (χ4n) is 3.27. The molecule has 2 atom stereocenters. The van der Waals surface area contributed by atoms with Gasteiger partial charge in [-0.25, -0.2) is 4.99 Å². The zero-order valence-electron chi connectivity index (χ0n) is 15.1. The molecule has 5 nitrogen and oxygen atoms in total. The van der Waals surface area contributed by atoms with Gasteiger partial charge in [0.15, 0.2) is 5.96 Å². The summed E-state index contributed by atoms with van der Waals surface area (Å²) in [5.41, 5.74) is 7.90. The fraction of sp³-hybridized carbons (Fsp3) is 0.250. The van der Waals surface area contributed by atoms with Gasteiger partial charge in [0.25, 0.3) is 0 Å². The SMILES string of the molecule is C=CC[C@@H]1C(=O)N(C)C(N)=N[C@]1(C)c1cc(-c2cccc(C#N)c2)c(I)s1. The van der Waals surface area contributed by atoms with Gasteiger partial charge in [0.05, 0.1) is 20.4 Å². The summed E-state index contributed by atoms with van der Waals surface area (Å²) in [6, 6.07) is 11.7. The van der Waals surface area contributed by atoms with Crippen LogP contribution in [0, 0.1) is 20.1 Å². The first-order valence-electron chi connectivity index (χ1n) is 8.36. The van der Waals surface area contributed by atoms with Crippen molar-refractivity contribution in [1.82, 2.24) is 4.90 Å². The third-order valence-electron chi connectivity index (χ3n) is 4.89. The summed E-state index contributed by atoms with van der Waals surface area (Å²) in [4.78, 5) is 19.9. The lowest BCUT2D eigenvalue weighted by atomic mass is 9.80. The van der Waals surface area contributed by atoms with Crippen LogP contribution >= 0.6 is 33.9 Å². The number of guanidine groups is 1. The van der Waals surface area contributed by atoms with Gasteiger partial charge in [0.2, 0.25) is 5.91 Å². The quantitative estimate of drug-likeness (QED) is 0.518. The van der Waals surface area contributed by atoms with Crippen LogP contribution in [-0.4, -0.2) is 23.8 Å². The van der Waals surface area contributed by atoms with Crippen LogP contribution in [0.25, 0.3) is 11.1 Å². The van der Waals surface area contributed by atoms with Crippen molar-refractivity contribution in [3.63, 3.8) is 0 Å². The Morgan fingerprint density at radius 2 is 2.26 bits per heavy atom. The van der Waals surface area contributed by atoms with Crippen LogP contribution < -0.4 is 5.73 Å². The molecule has 0 fully saturated rings. The third kappa shape index (κ3) is 3.39. The van der Waals surface area contributed by atoms with Crippen LogP contribution in [0.3, 0.4) is 0 Å². The predicted octanol–water partition coefficient (Wildman–Crippen LogP) is 4.09. The largest absolute Gasteiger partial charge is 0.369 e. The van der Waals surface area contributed by atoms with Gasteiger partial charge in [-0.3, -0.25) is 9.69 Å². The lowest BCUT2D eigenvalue weighted by molar-refractivity contribution is -0.133. The monoisotopic (exact) mass is 490 g/mol. The number of hydrogen-bond acceptors (Lipinski definition) is 5. The second-order valence-electron chi connectivity index (χ2n) is 6.58. The Morgan fingerprint density at radius 1 is 1.52 bits per heavy atom. The molecule has 3 rings (SSSR count). The number of carbonyl (C=O) groups is 1. The molecule has 138 valence electrons. The zero-order valence-corrected chi connectivity index (χ0v) is 18.0. The van der Waals surface area contributed by atoms with E-state index in [-0.39, 0.29) is 17.8 Å². The van der Waals surface area contributed by atoms with E-state index in [9.17, 15) is 10.1 Å². The molecule has 0 radical (unpaired) electrons. The average Bonchev–Trinajstić information content (AvgIpc) is 3.06. The molecule has 1 amide bonds. The number of amides is 1. The molecule has 0 saturated heterocycles. The molecular weight excluding hydrogens is 471 g/mol. The fourth-order valence-corrected chi connectivity index (χ4v) is 5.50. The van der Waals surface area contributed by atoms with Crippen LogP contribution in [0.5, 0.6) is 0 Å². The first kappa shape index (κ1) is 19.6. The molecule has 1 aromatic carbocycles. The van der Waals surface area contributed by atoms with E-state index in [0.29, 0.717) is 12.0 Å². The topological polar surface area (TPSA) is 82.5 Å². The third-order valence-corrected chi connectivity index (χ3v) is 7.28. The number of thiophene rings is 1. The van der Waals surface area contributed by atoms with E-state index in [1.54, 1.807) is 30.5 Å². The molecule has 2 aromatic rings. The molecule has 27 heavy (non-hydrogen) atoms. The second-order valence-corrected chi connectivity index (χ2v) is 9.45. The Kier molecular flexibility index (Phi) is 5.40. The number of halogens is 1. The summed E-state index contributed by atoms with van der Waals surface area (Å²) >= 11 is 3.89. The molecule has 0 unspecified atom stereocenters. The molecule has 1 aliphatic heterocycles. The Morgan fingerprint density at radius 3 is 2.93 bits per heavy atom. The van der Waals surface area contributed by atoms with Crippen molar-refractivity contribution in [3.05, 3.63) is 56.3 Å². The predicted molar refractivity (Wildman–Crippen MR) is 117 cm³/mol. The number of allylic oxidation sites excluding steroid dienone is 1. The van der Waals surface area contributed by atoms with E-state index >= 15 is 0 Å². The minimum Gasteiger partial charge on any atom is -0.369 e. The van der Waals surface area contributed by atoms with Crippen molar-refractivity contribution in [2.75, 3.05) is 7.05 Å². The lowest BCUT2D eigenvalue weighted by Gasteiger charge is -2.39. The van der Waals surface area contributed by atoms with Crippen molar-refractivity contribution in [2.24, 2.45) is 16.6 Å². The number of nitriles is 1. The smallest absolute Gasteiger partial charge is 0.235 e. The number of carbonyl (C=O) groups excluding carboxylic acids is 1. The van der Waals surface area contributed by atoms with Gasteiger partial charge in [-0.1, -0.05) is 18.2 Å². The molecule has 7 heteroatoms. The summed E-state index contributed by atoms with van der Waals surface area (Å²) < 4.78 is 1.08. The molecule has 0 spiro atoms. The molecule has 0 aliphatic carbocycles. The highest BCUT2D eigenvalue weighted by molar-refractivity contribution is 14.1. The molecule has 1 aliphatic rings. The molecular formula is C20H19IN4OS. The minimum absolute atomic E-state index is 0.0543. The standard InChI is InChI=1S/C20H19IN4OS/c1-4-6-15-18(26)25(3)19(23)24-20(15,2)16-10-14(17(21)27-16)13-8-5-7-12(9-13)11-22/h4-5,7-10,15H,1,6H2,2-3H3,(H2,23,24)/t15-,20+/m1/s1. The summed E-state index contributed by atoms with van der Waals surface area (Å²) in [5.74, 6) is -0.194. The zero-order chi connectivity index (χ0) is 19.8. The van der Waals surface area contributed by atoms with Crippen LogP contribution in [0.1, 0.15) is 23.8 Å². The number of hydrogen-bond donors (Lipinski definition) is 1. The van der Waals surface area contributed by atoms with E-state index < -0.39 is 5.54 Å². The highest BCUT2D eigenvalue weighted by Gasteiger charge is 2.46. The highest BCUT2D eigenvalue weighted by Crippen LogP contribution is 2.46. The molecule has 0 bridgehead atoms. The van der Waals surface area contributed by atoms with Gasteiger partial charge < -0.3 is 5.73 Å². The maximum atomic E-state index is 12.8. The minimum atomic E-state index is -0.752. The van der Waals surface area contributed by atoms with E-state index in [4.69, 9.17) is 10.7 Å². The molecule has 2 N–H and O–H groups in total. The first-order valence-corrected chi connectivity index (χ1v) is 10.3. The average molecular weight is 490 g/mol. The Labute approximate surface area is 176 Å². The number of aliphatic imine (C=N–C) groups is 1. The number of benzene rings is 1. The van der Waals surface area contributed by atoms with E-state index in [1.165, 1.54) is 4.90 Å². The number of nitrogens with two attached hydrogens (primary N) is 1. The second kappa shape index (κ2) is 7.44. The van der Waals surface area contributed by atoms with E-state index in [1.807, 2.05) is 25.1 Å². The first-order chi connectivity index (χ1) is 12.8. The molecule has 1 aromatic heterocycles. The van der Waals surface area contributed by atoms with Crippen LogP contribution in [0.2, 0.25) is 0 Å². The number of rotatable bonds is 4. The summed E-state index contributed by atoms with van der Waals surface area (Å²) in [6.45, 7) is 5.76. The summed E-state index contributed by atoms with van der Waals surface area (Å²) in [6.07, 6.45) is 2.27. The van der Waals surface area contributed by atoms with Gasteiger partial charge in [-0.05, 0) is 59.7 Å². The van der Waals surface area contributed by atoms with Crippen molar-refractivity contribution in [2.45, 2.75) is 18.9 Å². The van der Waals surface area contributed by atoms with Gasteiger partial charge in [0.1, 0.15) is 5.54 Å². The van der Waals surface area contributed by atoms with Crippen LogP contribution in [0.4, 0.5) is 0 Å². The van der Waals surface area contributed by atoms with Crippen molar-refractivity contribution >= 4 is 45.8 Å². The van der Waals surface area contributed by atoms with E-state index in [0.717, 1.165) is 18.9 Å². The van der Waals surface area contributed by atoms with Crippen LogP contribution in [-0.2, 0) is 10.3 Å². The lowest BCUT2D eigenvalue weighted by Crippen LogP contribution is -2.53. The van der Waals surface area contributed by atoms with Crippen molar-refractivity contribution in [1.29, 1.82) is 5.26 Å². The number of nitrogens with zero attached hydrogens (tertiary/aromatic N) is 3. The van der Waals surface area contributed by atoms with Gasteiger partial charge >= 0.3 is 0 Å². The Balaban J connectivity index is 2.13.